The third kappa shape index (κ3) is 6.14. The number of hydrogen-bond donors (Lipinski definition) is 3. The van der Waals surface area contributed by atoms with Crippen molar-refractivity contribution in [1.29, 1.82) is 0 Å². The highest BCUT2D eigenvalue weighted by molar-refractivity contribution is 7.90. The van der Waals surface area contributed by atoms with E-state index in [1.807, 2.05) is 12.1 Å². The molecule has 0 aromatic heterocycles. The number of aryl methyl sites for hydroxylation is 1. The van der Waals surface area contributed by atoms with Crippen molar-refractivity contribution in [2.24, 2.45) is 11.8 Å². The number of sulfonamides is 1. The number of amides is 1. The van der Waals surface area contributed by atoms with E-state index in [2.05, 4.69) is 23.0 Å². The van der Waals surface area contributed by atoms with E-state index < -0.39 is 21.2 Å². The highest BCUT2D eigenvalue weighted by Gasteiger charge is 2.39. The van der Waals surface area contributed by atoms with E-state index in [0.29, 0.717) is 55.7 Å². The van der Waals surface area contributed by atoms with Gasteiger partial charge in [0.2, 0.25) is 10.0 Å². The molecule has 1 heterocycles. The van der Waals surface area contributed by atoms with Gasteiger partial charge < -0.3 is 15.2 Å². The lowest BCUT2D eigenvalue weighted by atomic mass is 9.70. The molecule has 0 saturated heterocycles. The molecule has 0 unspecified atom stereocenters. The average molecular weight is 589 g/mol. The number of unbranched alkanes of at least 4 members (excludes halogenated alkanes) is 1. The van der Waals surface area contributed by atoms with Crippen molar-refractivity contribution in [2.45, 2.75) is 88.4 Å². The molecule has 5 atom stereocenters. The number of hydrogen-bond acceptors (Lipinski definition) is 6. The topological polar surface area (TPSA) is 105 Å². The molecule has 5 rings (SSSR count). The summed E-state index contributed by atoms with van der Waals surface area (Å²) < 4.78 is 34.3. The first-order valence-corrected chi connectivity index (χ1v) is 16.5. The first-order chi connectivity index (χ1) is 19.1. The van der Waals surface area contributed by atoms with Crippen molar-refractivity contribution < 1.29 is 23.1 Å². The van der Waals surface area contributed by atoms with Crippen molar-refractivity contribution in [3.63, 3.8) is 0 Å². The average Bonchev–Trinajstić information content (AvgIpc) is 3.09. The van der Waals surface area contributed by atoms with E-state index in [1.54, 1.807) is 25.1 Å². The molecule has 1 fully saturated rings. The zero-order chi connectivity index (χ0) is 28.5. The van der Waals surface area contributed by atoms with Crippen LogP contribution in [0.3, 0.4) is 0 Å². The molecule has 9 heteroatoms. The predicted octanol–water partition coefficient (Wildman–Crippen LogP) is 5.83. The monoisotopic (exact) mass is 588 g/mol. The molecular formula is C31H41ClN2O5S. The Balaban J connectivity index is 1.17. The number of anilines is 1. The van der Waals surface area contributed by atoms with Gasteiger partial charge in [-0.25, -0.2) is 13.1 Å². The lowest BCUT2D eigenvalue weighted by Gasteiger charge is -2.37. The first kappa shape index (κ1) is 29.2. The van der Waals surface area contributed by atoms with Gasteiger partial charge in [-0.3, -0.25) is 4.79 Å². The summed E-state index contributed by atoms with van der Waals surface area (Å²) in [7, 11) is -3.84. The summed E-state index contributed by atoms with van der Waals surface area (Å²) >= 11 is 6.25. The van der Waals surface area contributed by atoms with Crippen LogP contribution in [0.1, 0.15) is 86.7 Å². The normalized spacial score (nSPS) is 25.3. The Kier molecular flexibility index (Phi) is 8.69. The number of carbonyl (C=O) groups is 1. The minimum atomic E-state index is -3.84. The van der Waals surface area contributed by atoms with Gasteiger partial charge in [-0.05, 0) is 105 Å². The van der Waals surface area contributed by atoms with Gasteiger partial charge in [-0.2, -0.15) is 0 Å². The smallest absolute Gasteiger partial charge is 0.264 e. The fourth-order valence-corrected chi connectivity index (χ4v) is 7.79. The van der Waals surface area contributed by atoms with Crippen molar-refractivity contribution in [3.05, 3.63) is 58.1 Å². The zero-order valence-electron chi connectivity index (χ0n) is 23.4. The molecule has 2 aromatic rings. The molecule has 3 N–H and O–H groups in total. The second-order valence-corrected chi connectivity index (χ2v) is 14.7. The summed E-state index contributed by atoms with van der Waals surface area (Å²) in [4.78, 5) is 13.0. The number of aliphatic hydroxyl groups excluding tert-OH is 1. The van der Waals surface area contributed by atoms with Gasteiger partial charge in [-0.15, -0.1) is 0 Å². The number of benzene rings is 2. The van der Waals surface area contributed by atoms with Gasteiger partial charge in [0.1, 0.15) is 5.75 Å². The Labute approximate surface area is 243 Å². The van der Waals surface area contributed by atoms with Crippen LogP contribution >= 0.6 is 11.6 Å². The van der Waals surface area contributed by atoms with Crippen molar-refractivity contribution in [3.8, 4) is 5.75 Å². The molecule has 1 saturated carbocycles. The first-order valence-electron chi connectivity index (χ1n) is 14.6. The quantitative estimate of drug-likeness (QED) is 0.318. The Morgan fingerprint density at radius 3 is 2.75 bits per heavy atom. The summed E-state index contributed by atoms with van der Waals surface area (Å²) in [6.45, 7) is 4.95. The standard InChI is InChI=1S/C31H41ClN2O5S/c1-20-9-12-25(20)28(35)8-4-3-6-21(2)40(37,38)34-30(36)23-10-14-29-27(17-23)33-18-31(19-39-29)15-5-7-22-16-24(32)11-13-26(22)31/h10-11,13-14,16-17,20-21,25,28,33,35H,3-9,12,15,18-19H2,1-2H3,(H,34,36)/t20-,21+,25-,28+,31+/m1/s1. The van der Waals surface area contributed by atoms with Crippen LogP contribution in [0.4, 0.5) is 5.69 Å². The highest BCUT2D eigenvalue weighted by atomic mass is 35.5. The van der Waals surface area contributed by atoms with E-state index in [1.165, 1.54) is 17.5 Å². The van der Waals surface area contributed by atoms with Crippen LogP contribution in [0.25, 0.3) is 0 Å². The SMILES string of the molecule is C[C@@H]1CC[C@H]1[C@@H](O)CCCC[C@H](C)S(=O)(=O)NC(=O)c1ccc2c(c1)NC[C@@]1(CCCc3cc(Cl)ccc31)CO2. The van der Waals surface area contributed by atoms with Crippen LogP contribution in [-0.2, 0) is 21.9 Å². The van der Waals surface area contributed by atoms with Crippen molar-refractivity contribution >= 4 is 33.2 Å². The lowest BCUT2D eigenvalue weighted by Crippen LogP contribution is -2.41. The lowest BCUT2D eigenvalue weighted by molar-refractivity contribution is 0.0140. The molecule has 3 aliphatic rings. The maximum atomic E-state index is 13.0. The molecule has 1 aliphatic heterocycles. The molecule has 7 nitrogen and oxygen atoms in total. The van der Waals surface area contributed by atoms with Gasteiger partial charge in [0, 0.05) is 22.5 Å². The van der Waals surface area contributed by atoms with E-state index in [4.69, 9.17) is 16.3 Å². The number of nitrogens with one attached hydrogen (secondary N) is 2. The Hall–Kier alpha value is -2.29. The Morgan fingerprint density at radius 1 is 1.20 bits per heavy atom. The summed E-state index contributed by atoms with van der Waals surface area (Å²) in [6, 6.07) is 11.1. The summed E-state index contributed by atoms with van der Waals surface area (Å²) in [5, 5.41) is 13.8. The zero-order valence-corrected chi connectivity index (χ0v) is 25.0. The maximum Gasteiger partial charge on any atom is 0.264 e. The van der Waals surface area contributed by atoms with E-state index >= 15 is 0 Å². The third-order valence-corrected chi connectivity index (χ3v) is 11.4. The largest absolute Gasteiger partial charge is 0.490 e. The van der Waals surface area contributed by atoms with Crippen LogP contribution in [0.15, 0.2) is 36.4 Å². The second kappa shape index (κ2) is 11.9. The molecule has 2 aromatic carbocycles. The number of rotatable bonds is 9. The van der Waals surface area contributed by atoms with E-state index in [9.17, 15) is 18.3 Å². The number of fused-ring (bicyclic) bond motifs is 3. The highest BCUT2D eigenvalue weighted by Crippen LogP contribution is 2.42. The molecule has 0 radical (unpaired) electrons. The summed E-state index contributed by atoms with van der Waals surface area (Å²) in [6.07, 6.45) is 7.54. The van der Waals surface area contributed by atoms with Gasteiger partial charge >= 0.3 is 0 Å². The van der Waals surface area contributed by atoms with Crippen LogP contribution in [0.5, 0.6) is 5.75 Å². The van der Waals surface area contributed by atoms with Gasteiger partial charge in [0.15, 0.2) is 0 Å². The maximum absolute atomic E-state index is 13.0. The molecule has 0 bridgehead atoms. The fraction of sp³-hybridized carbons (Fsp3) is 0.581. The van der Waals surface area contributed by atoms with E-state index in [-0.39, 0.29) is 17.1 Å². The molecule has 1 amide bonds. The minimum absolute atomic E-state index is 0.204. The van der Waals surface area contributed by atoms with Crippen molar-refractivity contribution in [1.82, 2.24) is 4.72 Å². The molecule has 218 valence electrons. The minimum Gasteiger partial charge on any atom is -0.490 e. The van der Waals surface area contributed by atoms with E-state index in [0.717, 1.165) is 37.1 Å². The Morgan fingerprint density at radius 2 is 2.00 bits per heavy atom. The van der Waals surface area contributed by atoms with Gasteiger partial charge in [0.05, 0.1) is 23.6 Å². The predicted molar refractivity (Wildman–Crippen MR) is 159 cm³/mol. The summed E-state index contributed by atoms with van der Waals surface area (Å²) in [5.41, 5.74) is 3.22. The molecule has 40 heavy (non-hydrogen) atoms. The van der Waals surface area contributed by atoms with Gasteiger partial charge in [-0.1, -0.05) is 37.4 Å². The van der Waals surface area contributed by atoms with Crippen molar-refractivity contribution in [2.75, 3.05) is 18.5 Å². The number of halogens is 1. The summed E-state index contributed by atoms with van der Waals surface area (Å²) in [5.74, 6) is 0.944. The van der Waals surface area contributed by atoms with Crippen LogP contribution in [0.2, 0.25) is 5.02 Å². The molecular weight excluding hydrogens is 548 g/mol. The Bertz CT molecular complexity index is 1350. The molecule has 2 aliphatic carbocycles. The second-order valence-electron chi connectivity index (χ2n) is 12.1. The number of carbonyl (C=O) groups excluding carboxylic acids is 1. The van der Waals surface area contributed by atoms with Crippen LogP contribution in [0, 0.1) is 11.8 Å². The fourth-order valence-electron chi connectivity index (χ4n) is 6.55. The number of aliphatic hydroxyl groups is 1. The van der Waals surface area contributed by atoms with Crippen LogP contribution < -0.4 is 14.8 Å². The molecule has 1 spiro atoms. The number of ether oxygens (including phenoxy) is 1. The van der Waals surface area contributed by atoms with Gasteiger partial charge in [0.25, 0.3) is 5.91 Å². The van der Waals surface area contributed by atoms with Crippen LogP contribution in [-0.4, -0.2) is 43.9 Å². The third-order valence-electron chi connectivity index (χ3n) is 9.41.